The van der Waals surface area contributed by atoms with Crippen LogP contribution in [0.2, 0.25) is 0 Å². The fourth-order valence-electron chi connectivity index (χ4n) is 11.7. The van der Waals surface area contributed by atoms with Crippen LogP contribution in [0.15, 0.2) is 212 Å². The summed E-state index contributed by atoms with van der Waals surface area (Å²) in [5.41, 5.74) is 24.7. The molecule has 1 heteroatoms. The lowest BCUT2D eigenvalue weighted by molar-refractivity contribution is 0.550. The second kappa shape index (κ2) is 14.7. The summed E-state index contributed by atoms with van der Waals surface area (Å²) in [5.74, 6) is 0. The van der Waals surface area contributed by atoms with Gasteiger partial charge < -0.3 is 4.90 Å². The van der Waals surface area contributed by atoms with Crippen LogP contribution in [0.4, 0.5) is 17.1 Å². The highest BCUT2D eigenvalue weighted by Gasteiger charge is 2.45. The smallest absolute Gasteiger partial charge is 0.0465 e. The summed E-state index contributed by atoms with van der Waals surface area (Å²) in [6.45, 7) is 4.76. The first-order valence-electron chi connectivity index (χ1n) is 22.7. The highest BCUT2D eigenvalue weighted by Crippen LogP contribution is 2.58. The molecule has 1 saturated carbocycles. The van der Waals surface area contributed by atoms with E-state index >= 15 is 0 Å². The largest absolute Gasteiger partial charge is 0.310 e. The molecular formula is C62H49N. The summed E-state index contributed by atoms with van der Waals surface area (Å²) in [7, 11) is 0. The number of nitrogens with zero attached hydrogens (tertiary/aromatic N) is 1. The molecule has 0 heterocycles. The Morgan fingerprint density at radius 3 is 1.38 bits per heavy atom. The van der Waals surface area contributed by atoms with Crippen molar-refractivity contribution in [2.45, 2.75) is 50.4 Å². The van der Waals surface area contributed by atoms with Gasteiger partial charge in [-0.2, -0.15) is 0 Å². The molecule has 0 amide bonds. The van der Waals surface area contributed by atoms with E-state index in [1.807, 2.05) is 0 Å². The Hall–Kier alpha value is -7.22. The molecular weight excluding hydrogens is 759 g/mol. The topological polar surface area (TPSA) is 3.24 Å². The van der Waals surface area contributed by atoms with Gasteiger partial charge in [0.2, 0.25) is 0 Å². The molecule has 1 fully saturated rings. The summed E-state index contributed by atoms with van der Waals surface area (Å²) in [6, 6.07) is 79.2. The molecule has 63 heavy (non-hydrogen) atoms. The Kier molecular flexibility index (Phi) is 8.76. The highest BCUT2D eigenvalue weighted by atomic mass is 15.1. The molecule has 1 spiro atoms. The molecule has 9 aromatic carbocycles. The zero-order valence-electron chi connectivity index (χ0n) is 36.0. The SMILES string of the molecule is CC1(C)c2ccccc2-c2cccc(-c3ccc(N(c4ccc(-c5ccccc5-c5ccc(-c6ccccc6)cc5)cc4)c4ccc5c(c4)C4(CCCC4)c4ccccc4-5)cc3)c21. The van der Waals surface area contributed by atoms with Gasteiger partial charge in [-0.25, -0.2) is 0 Å². The van der Waals surface area contributed by atoms with Crippen LogP contribution in [-0.4, -0.2) is 0 Å². The van der Waals surface area contributed by atoms with Crippen LogP contribution in [0.3, 0.4) is 0 Å². The normalized spacial score (nSPS) is 14.8. The fourth-order valence-corrected chi connectivity index (χ4v) is 11.7. The van der Waals surface area contributed by atoms with Crippen LogP contribution < -0.4 is 4.90 Å². The van der Waals surface area contributed by atoms with Gasteiger partial charge in [-0.3, -0.25) is 0 Å². The van der Waals surface area contributed by atoms with Crippen molar-refractivity contribution in [2.24, 2.45) is 0 Å². The summed E-state index contributed by atoms with van der Waals surface area (Å²) in [5, 5.41) is 0. The Morgan fingerprint density at radius 2 is 0.746 bits per heavy atom. The first-order chi connectivity index (χ1) is 31.0. The van der Waals surface area contributed by atoms with Gasteiger partial charge in [0.25, 0.3) is 0 Å². The predicted octanol–water partition coefficient (Wildman–Crippen LogP) is 17.0. The molecule has 0 radical (unpaired) electrons. The fraction of sp³-hybridized carbons (Fsp3) is 0.129. The van der Waals surface area contributed by atoms with E-state index in [2.05, 4.69) is 231 Å². The second-order valence-electron chi connectivity index (χ2n) is 18.4. The summed E-state index contributed by atoms with van der Waals surface area (Å²) in [6.07, 6.45) is 4.96. The Balaban J connectivity index is 0.949. The molecule has 3 aliphatic carbocycles. The first kappa shape index (κ1) is 37.5. The summed E-state index contributed by atoms with van der Waals surface area (Å²) < 4.78 is 0. The standard InChI is InChI=1S/C62H49N/c1-61(2)57-23-10-8-20-54(57)56-22-14-21-52(60(56)61)46-31-35-48(36-32-46)63(49-37-38-55-53-19-9-11-24-58(53)62(59(55)41-49)39-12-13-40-62)47-33-29-45(30-34-47)51-18-7-6-17-50(51)44-27-25-43(26-28-44)42-15-4-3-5-16-42/h3-11,14-38,41H,12-13,39-40H2,1-2H3. The number of anilines is 3. The number of hydrogen-bond donors (Lipinski definition) is 0. The maximum atomic E-state index is 2.53. The quantitative estimate of drug-likeness (QED) is 0.155. The van der Waals surface area contributed by atoms with Gasteiger partial charge in [0, 0.05) is 27.9 Å². The maximum absolute atomic E-state index is 2.53. The van der Waals surface area contributed by atoms with E-state index in [4.69, 9.17) is 0 Å². The lowest BCUT2D eigenvalue weighted by Gasteiger charge is -2.30. The number of benzene rings is 9. The third-order valence-corrected chi connectivity index (χ3v) is 14.6. The van der Waals surface area contributed by atoms with E-state index < -0.39 is 0 Å². The molecule has 3 aliphatic rings. The minimum absolute atomic E-state index is 0.0857. The van der Waals surface area contributed by atoms with Crippen LogP contribution in [-0.2, 0) is 10.8 Å². The van der Waals surface area contributed by atoms with Crippen molar-refractivity contribution in [3.8, 4) is 66.8 Å². The number of fused-ring (bicyclic) bond motifs is 8. The zero-order chi connectivity index (χ0) is 42.1. The van der Waals surface area contributed by atoms with Crippen molar-refractivity contribution >= 4 is 17.1 Å². The molecule has 0 bridgehead atoms. The number of rotatable bonds is 7. The lowest BCUT2D eigenvalue weighted by atomic mass is 9.76. The minimum Gasteiger partial charge on any atom is -0.310 e. The first-order valence-corrected chi connectivity index (χ1v) is 22.7. The Bertz CT molecular complexity index is 3160. The highest BCUT2D eigenvalue weighted by molar-refractivity contribution is 5.91. The summed E-state index contributed by atoms with van der Waals surface area (Å²) >= 11 is 0. The van der Waals surface area contributed by atoms with Gasteiger partial charge in [0.15, 0.2) is 0 Å². The van der Waals surface area contributed by atoms with Gasteiger partial charge in [-0.15, -0.1) is 0 Å². The maximum Gasteiger partial charge on any atom is 0.0465 e. The van der Waals surface area contributed by atoms with E-state index in [9.17, 15) is 0 Å². The minimum atomic E-state index is -0.0859. The molecule has 12 rings (SSSR count). The van der Waals surface area contributed by atoms with E-state index in [1.54, 1.807) is 0 Å². The van der Waals surface area contributed by atoms with Crippen molar-refractivity contribution in [1.82, 2.24) is 0 Å². The molecule has 0 N–H and O–H groups in total. The average molecular weight is 808 g/mol. The number of hydrogen-bond acceptors (Lipinski definition) is 1. The Morgan fingerprint density at radius 1 is 0.317 bits per heavy atom. The van der Waals surface area contributed by atoms with E-state index in [1.165, 1.54) is 120 Å². The van der Waals surface area contributed by atoms with Crippen molar-refractivity contribution < 1.29 is 0 Å². The zero-order valence-corrected chi connectivity index (χ0v) is 36.0. The van der Waals surface area contributed by atoms with Crippen LogP contribution in [0.1, 0.15) is 61.8 Å². The lowest BCUT2D eigenvalue weighted by Crippen LogP contribution is -2.21. The van der Waals surface area contributed by atoms with Crippen LogP contribution in [0.25, 0.3) is 66.8 Å². The van der Waals surface area contributed by atoms with E-state index in [-0.39, 0.29) is 10.8 Å². The third-order valence-electron chi connectivity index (χ3n) is 14.6. The van der Waals surface area contributed by atoms with Crippen LogP contribution in [0.5, 0.6) is 0 Å². The van der Waals surface area contributed by atoms with Crippen molar-refractivity contribution in [2.75, 3.05) is 4.90 Å². The molecule has 0 unspecified atom stereocenters. The molecule has 302 valence electrons. The average Bonchev–Trinajstić information content (AvgIpc) is 4.02. The predicted molar refractivity (Wildman–Crippen MR) is 265 cm³/mol. The molecule has 0 atom stereocenters. The summed E-state index contributed by atoms with van der Waals surface area (Å²) in [4.78, 5) is 2.48. The monoisotopic (exact) mass is 807 g/mol. The Labute approximate surface area is 372 Å². The molecule has 1 nitrogen and oxygen atoms in total. The van der Waals surface area contributed by atoms with Gasteiger partial charge in [0.1, 0.15) is 0 Å². The van der Waals surface area contributed by atoms with Gasteiger partial charge in [-0.1, -0.05) is 203 Å². The second-order valence-corrected chi connectivity index (χ2v) is 18.4. The van der Waals surface area contributed by atoms with Crippen LogP contribution >= 0.6 is 0 Å². The van der Waals surface area contributed by atoms with Crippen molar-refractivity contribution in [1.29, 1.82) is 0 Å². The van der Waals surface area contributed by atoms with E-state index in [0.29, 0.717) is 0 Å². The van der Waals surface area contributed by atoms with Gasteiger partial charge in [0.05, 0.1) is 0 Å². The van der Waals surface area contributed by atoms with Gasteiger partial charge >= 0.3 is 0 Å². The van der Waals surface area contributed by atoms with E-state index in [0.717, 1.165) is 11.4 Å². The molecule has 0 saturated heterocycles. The molecule has 9 aromatic rings. The molecule has 0 aromatic heterocycles. The van der Waals surface area contributed by atoms with Gasteiger partial charge in [-0.05, 0) is 138 Å². The van der Waals surface area contributed by atoms with Crippen molar-refractivity contribution in [3.05, 3.63) is 235 Å². The third kappa shape index (κ3) is 5.98. The molecule has 0 aliphatic heterocycles. The van der Waals surface area contributed by atoms with Crippen molar-refractivity contribution in [3.63, 3.8) is 0 Å². The van der Waals surface area contributed by atoms with Crippen LogP contribution in [0, 0.1) is 0 Å².